The normalized spacial score (nSPS) is 11.0. The Morgan fingerprint density at radius 1 is 1.19 bits per heavy atom. The van der Waals surface area contributed by atoms with Crippen molar-refractivity contribution in [3.8, 4) is 5.75 Å². The fourth-order valence-corrected chi connectivity index (χ4v) is 2.71. The molecule has 0 radical (unpaired) electrons. The second-order valence-electron chi connectivity index (χ2n) is 5.44. The molecule has 21 heavy (non-hydrogen) atoms. The largest absolute Gasteiger partial charge is 0.508 e. The zero-order valence-electron chi connectivity index (χ0n) is 12.2. The molecule has 1 aromatic heterocycles. The molecule has 0 bridgehead atoms. The number of aryl methyl sites for hydroxylation is 2. The van der Waals surface area contributed by atoms with Gasteiger partial charge in [-0.1, -0.05) is 24.3 Å². The topological polar surface area (TPSA) is 49.0 Å². The fraction of sp³-hybridized carbons (Fsp3) is 0.167. The Bertz CT molecular complexity index is 830. The van der Waals surface area contributed by atoms with Gasteiger partial charge in [-0.2, -0.15) is 0 Å². The number of phenols is 1. The highest BCUT2D eigenvalue weighted by molar-refractivity contribution is 6.10. The van der Waals surface area contributed by atoms with Gasteiger partial charge in [0.25, 0.3) is 0 Å². The van der Waals surface area contributed by atoms with E-state index in [4.69, 9.17) is 5.41 Å². The molecule has 0 amide bonds. The van der Waals surface area contributed by atoms with E-state index in [1.54, 1.807) is 12.1 Å². The molecule has 1 heterocycles. The minimum atomic E-state index is 0.235. The second kappa shape index (κ2) is 5.09. The van der Waals surface area contributed by atoms with Gasteiger partial charge in [0.1, 0.15) is 5.75 Å². The maximum absolute atomic E-state index is 9.70. The quantitative estimate of drug-likeness (QED) is 0.703. The van der Waals surface area contributed by atoms with Crippen LogP contribution in [0.25, 0.3) is 10.9 Å². The van der Waals surface area contributed by atoms with Crippen LogP contribution in [0, 0.1) is 12.3 Å². The second-order valence-corrected chi connectivity index (χ2v) is 5.44. The smallest absolute Gasteiger partial charge is 0.116 e. The van der Waals surface area contributed by atoms with Gasteiger partial charge in [0.2, 0.25) is 0 Å². The number of nitrogens with one attached hydrogen (secondary N) is 1. The molecule has 0 atom stereocenters. The van der Waals surface area contributed by atoms with Gasteiger partial charge in [-0.3, -0.25) is 0 Å². The predicted molar refractivity (Wildman–Crippen MR) is 86.3 cm³/mol. The Labute approximate surface area is 124 Å². The van der Waals surface area contributed by atoms with Crippen molar-refractivity contribution >= 4 is 16.6 Å². The Kier molecular flexibility index (Phi) is 3.26. The van der Waals surface area contributed by atoms with E-state index in [2.05, 4.69) is 19.1 Å². The number of phenolic OH excluding ortho intramolecular Hbond substituents is 1. The van der Waals surface area contributed by atoms with Crippen molar-refractivity contribution in [1.29, 1.82) is 5.41 Å². The number of aromatic hydroxyl groups is 1. The van der Waals surface area contributed by atoms with Crippen molar-refractivity contribution in [3.05, 3.63) is 65.4 Å². The van der Waals surface area contributed by atoms with Crippen LogP contribution in [0.3, 0.4) is 0 Å². The maximum atomic E-state index is 9.70. The Balaban J connectivity index is 2.02. The van der Waals surface area contributed by atoms with E-state index in [1.165, 1.54) is 11.1 Å². The molecule has 0 saturated heterocycles. The van der Waals surface area contributed by atoms with Gasteiger partial charge in [0.15, 0.2) is 0 Å². The van der Waals surface area contributed by atoms with E-state index in [0.29, 0.717) is 12.1 Å². The average molecular weight is 278 g/mol. The third-order valence-corrected chi connectivity index (χ3v) is 3.93. The van der Waals surface area contributed by atoms with Crippen LogP contribution in [0.2, 0.25) is 0 Å². The summed E-state index contributed by atoms with van der Waals surface area (Å²) in [6.45, 7) is 2.07. The molecule has 0 spiro atoms. The molecule has 3 aromatic rings. The maximum Gasteiger partial charge on any atom is 0.116 e. The third kappa shape index (κ3) is 2.42. The molecule has 2 aromatic carbocycles. The van der Waals surface area contributed by atoms with Gasteiger partial charge in [-0.25, -0.2) is 0 Å². The molecule has 3 nitrogen and oxygen atoms in total. The first-order valence-electron chi connectivity index (χ1n) is 6.96. The molecular weight excluding hydrogens is 260 g/mol. The minimum absolute atomic E-state index is 0.235. The minimum Gasteiger partial charge on any atom is -0.508 e. The Hall–Kier alpha value is -2.55. The lowest BCUT2D eigenvalue weighted by molar-refractivity contribution is 0.476. The standard InChI is InChI=1S/C18H18N2O/c1-12-5-3-4-6-13(12)9-17(19)16-11-20(2)18-8-7-14(21)10-15(16)18/h3-8,10-11,19,21H,9H2,1-2H3. The molecule has 0 unspecified atom stereocenters. The lowest BCUT2D eigenvalue weighted by atomic mass is 9.98. The summed E-state index contributed by atoms with van der Waals surface area (Å²) in [7, 11) is 1.96. The van der Waals surface area contributed by atoms with E-state index in [1.807, 2.05) is 36.0 Å². The predicted octanol–water partition coefficient (Wildman–Crippen LogP) is 3.80. The lowest BCUT2D eigenvalue weighted by Crippen LogP contribution is -2.04. The van der Waals surface area contributed by atoms with Crippen LogP contribution < -0.4 is 0 Å². The van der Waals surface area contributed by atoms with Gasteiger partial charge in [0.05, 0.1) is 0 Å². The number of nitrogens with zero attached hydrogens (tertiary/aromatic N) is 1. The summed E-state index contributed by atoms with van der Waals surface area (Å²) in [6.07, 6.45) is 2.56. The molecule has 3 rings (SSSR count). The van der Waals surface area contributed by atoms with Crippen molar-refractivity contribution in [3.63, 3.8) is 0 Å². The van der Waals surface area contributed by atoms with E-state index in [0.717, 1.165) is 16.5 Å². The molecule has 3 heteroatoms. The van der Waals surface area contributed by atoms with Crippen LogP contribution in [-0.4, -0.2) is 15.4 Å². The highest BCUT2D eigenvalue weighted by Gasteiger charge is 2.12. The fourth-order valence-electron chi connectivity index (χ4n) is 2.71. The number of rotatable bonds is 3. The molecular formula is C18H18N2O. The highest BCUT2D eigenvalue weighted by Crippen LogP contribution is 2.26. The van der Waals surface area contributed by atoms with Gasteiger partial charge < -0.3 is 15.1 Å². The van der Waals surface area contributed by atoms with Crippen molar-refractivity contribution in [2.45, 2.75) is 13.3 Å². The summed E-state index contributed by atoms with van der Waals surface area (Å²) >= 11 is 0. The third-order valence-electron chi connectivity index (χ3n) is 3.93. The lowest BCUT2D eigenvalue weighted by Gasteiger charge is -2.06. The number of benzene rings is 2. The summed E-state index contributed by atoms with van der Waals surface area (Å²) in [5.41, 5.74) is 4.84. The van der Waals surface area contributed by atoms with Crippen molar-refractivity contribution in [1.82, 2.24) is 4.57 Å². The zero-order valence-corrected chi connectivity index (χ0v) is 12.2. The van der Waals surface area contributed by atoms with E-state index >= 15 is 0 Å². The van der Waals surface area contributed by atoms with E-state index in [9.17, 15) is 5.11 Å². The molecule has 0 saturated carbocycles. The van der Waals surface area contributed by atoms with Crippen LogP contribution in [0.5, 0.6) is 5.75 Å². The SMILES string of the molecule is Cc1ccccc1CC(=N)c1cn(C)c2ccc(O)cc12. The number of hydrogen-bond donors (Lipinski definition) is 2. The van der Waals surface area contributed by atoms with E-state index < -0.39 is 0 Å². The van der Waals surface area contributed by atoms with Crippen LogP contribution in [-0.2, 0) is 13.5 Å². The Morgan fingerprint density at radius 3 is 2.71 bits per heavy atom. The van der Waals surface area contributed by atoms with Crippen molar-refractivity contribution in [2.24, 2.45) is 7.05 Å². The number of hydrogen-bond acceptors (Lipinski definition) is 2. The molecule has 0 aliphatic heterocycles. The van der Waals surface area contributed by atoms with Gasteiger partial charge >= 0.3 is 0 Å². The monoisotopic (exact) mass is 278 g/mol. The molecule has 2 N–H and O–H groups in total. The van der Waals surface area contributed by atoms with Gasteiger partial charge in [0, 0.05) is 41.8 Å². The first-order chi connectivity index (χ1) is 10.1. The van der Waals surface area contributed by atoms with Crippen LogP contribution >= 0.6 is 0 Å². The van der Waals surface area contributed by atoms with Crippen LogP contribution in [0.1, 0.15) is 16.7 Å². The van der Waals surface area contributed by atoms with E-state index in [-0.39, 0.29) is 5.75 Å². The van der Waals surface area contributed by atoms with Gasteiger partial charge in [-0.05, 0) is 36.2 Å². The summed E-state index contributed by atoms with van der Waals surface area (Å²) in [6, 6.07) is 13.4. The average Bonchev–Trinajstić information content (AvgIpc) is 2.78. The highest BCUT2D eigenvalue weighted by atomic mass is 16.3. The van der Waals surface area contributed by atoms with Crippen molar-refractivity contribution < 1.29 is 5.11 Å². The molecule has 0 aliphatic rings. The molecule has 0 fully saturated rings. The van der Waals surface area contributed by atoms with Crippen molar-refractivity contribution in [2.75, 3.05) is 0 Å². The van der Waals surface area contributed by atoms with Gasteiger partial charge in [-0.15, -0.1) is 0 Å². The molecule has 106 valence electrons. The number of fused-ring (bicyclic) bond motifs is 1. The number of aromatic nitrogens is 1. The van der Waals surface area contributed by atoms with Crippen LogP contribution in [0.4, 0.5) is 0 Å². The summed E-state index contributed by atoms with van der Waals surface area (Å²) in [4.78, 5) is 0. The summed E-state index contributed by atoms with van der Waals surface area (Å²) in [5.74, 6) is 0.235. The summed E-state index contributed by atoms with van der Waals surface area (Å²) < 4.78 is 2.00. The van der Waals surface area contributed by atoms with Crippen LogP contribution in [0.15, 0.2) is 48.7 Å². The first kappa shape index (κ1) is 13.4. The Morgan fingerprint density at radius 2 is 1.95 bits per heavy atom. The first-order valence-corrected chi connectivity index (χ1v) is 6.96. The molecule has 0 aliphatic carbocycles. The summed E-state index contributed by atoms with van der Waals surface area (Å²) in [5, 5.41) is 19.1. The zero-order chi connectivity index (χ0) is 15.0.